The maximum absolute atomic E-state index is 12.0. The van der Waals surface area contributed by atoms with Crippen LogP contribution in [0.1, 0.15) is 12.0 Å². The third-order valence-electron chi connectivity index (χ3n) is 3.63. The van der Waals surface area contributed by atoms with E-state index in [0.29, 0.717) is 0 Å². The summed E-state index contributed by atoms with van der Waals surface area (Å²) >= 11 is 0. The van der Waals surface area contributed by atoms with Crippen molar-refractivity contribution in [3.63, 3.8) is 0 Å². The van der Waals surface area contributed by atoms with Crippen LogP contribution in [0.2, 0.25) is 0 Å². The van der Waals surface area contributed by atoms with Crippen LogP contribution in [0.5, 0.6) is 0 Å². The summed E-state index contributed by atoms with van der Waals surface area (Å²) in [7, 11) is 0. The first-order chi connectivity index (χ1) is 10.1. The molecule has 1 saturated heterocycles. The topological polar surface area (TPSA) is 63.6 Å². The van der Waals surface area contributed by atoms with Crippen LogP contribution in [0.15, 0.2) is 59.9 Å². The van der Waals surface area contributed by atoms with Gasteiger partial charge in [0.05, 0.1) is 6.42 Å². The highest BCUT2D eigenvalue weighted by atomic mass is 16.5. The molecule has 0 saturated carbocycles. The molecule has 2 unspecified atom stereocenters. The number of rotatable bonds is 2. The lowest BCUT2D eigenvalue weighted by Crippen LogP contribution is -2.25. The molecule has 1 heterocycles. The Morgan fingerprint density at radius 1 is 1.24 bits per heavy atom. The summed E-state index contributed by atoms with van der Waals surface area (Å²) in [6.45, 7) is 0. The van der Waals surface area contributed by atoms with Crippen molar-refractivity contribution in [1.82, 2.24) is 0 Å². The van der Waals surface area contributed by atoms with Crippen LogP contribution in [-0.2, 0) is 14.3 Å². The maximum Gasteiger partial charge on any atom is 0.307 e. The molecular weight excluding hydrogens is 268 g/mol. The first-order valence-corrected chi connectivity index (χ1v) is 6.73. The molecule has 0 amide bonds. The highest BCUT2D eigenvalue weighted by molar-refractivity contribution is 6.07. The normalized spacial score (nSPS) is 26.9. The van der Waals surface area contributed by atoms with E-state index in [9.17, 15) is 14.7 Å². The van der Waals surface area contributed by atoms with Gasteiger partial charge in [-0.3, -0.25) is 9.59 Å². The van der Waals surface area contributed by atoms with Crippen LogP contribution >= 0.6 is 0 Å². The van der Waals surface area contributed by atoms with Crippen LogP contribution in [-0.4, -0.2) is 23.0 Å². The number of carbonyl (C=O) groups is 2. The Bertz CT molecular complexity index is 667. The second-order valence-electron chi connectivity index (χ2n) is 5.03. The van der Waals surface area contributed by atoms with Gasteiger partial charge in [-0.15, -0.1) is 0 Å². The molecule has 2 aliphatic rings. The fraction of sp³-hybridized carbons (Fsp3) is 0.176. The molecule has 2 atom stereocenters. The summed E-state index contributed by atoms with van der Waals surface area (Å²) in [6.07, 6.45) is 5.82. The zero-order chi connectivity index (χ0) is 14.8. The van der Waals surface area contributed by atoms with E-state index in [1.54, 1.807) is 12.2 Å². The molecule has 0 aromatic heterocycles. The third-order valence-corrected chi connectivity index (χ3v) is 3.63. The summed E-state index contributed by atoms with van der Waals surface area (Å²) in [5.74, 6) is -1.12. The molecule has 1 aliphatic carbocycles. The second kappa shape index (κ2) is 5.40. The van der Waals surface area contributed by atoms with Gasteiger partial charge in [-0.25, -0.2) is 0 Å². The maximum atomic E-state index is 12.0. The molecule has 0 radical (unpaired) electrons. The second-order valence-corrected chi connectivity index (χ2v) is 5.03. The largest absolute Gasteiger partial charge is 0.508 e. The molecule has 1 fully saturated rings. The van der Waals surface area contributed by atoms with Gasteiger partial charge in [-0.2, -0.15) is 0 Å². The summed E-state index contributed by atoms with van der Waals surface area (Å²) in [5, 5.41) is 10.2. The summed E-state index contributed by atoms with van der Waals surface area (Å²) < 4.78 is 5.11. The van der Waals surface area contributed by atoms with Gasteiger partial charge >= 0.3 is 5.97 Å². The SMILES string of the molecule is O=C1CC2/C(=C(O)\C=C\c3ccccc3)C(=O)C=CC2O1. The minimum atomic E-state index is -0.447. The molecule has 21 heavy (non-hydrogen) atoms. The van der Waals surface area contributed by atoms with Crippen LogP contribution in [0.4, 0.5) is 0 Å². The van der Waals surface area contributed by atoms with Gasteiger partial charge in [0.15, 0.2) is 5.78 Å². The Balaban J connectivity index is 1.92. The van der Waals surface area contributed by atoms with Crippen molar-refractivity contribution in [3.05, 3.63) is 65.5 Å². The van der Waals surface area contributed by atoms with E-state index in [2.05, 4.69) is 0 Å². The zero-order valence-corrected chi connectivity index (χ0v) is 11.2. The Labute approximate surface area is 122 Å². The molecular formula is C17H14O4. The minimum absolute atomic E-state index is 0.110. The van der Waals surface area contributed by atoms with Crippen LogP contribution in [0, 0.1) is 5.92 Å². The lowest BCUT2D eigenvalue weighted by Gasteiger charge is -2.20. The summed E-state index contributed by atoms with van der Waals surface area (Å²) in [4.78, 5) is 23.4. The molecule has 0 spiro atoms. The van der Waals surface area contributed by atoms with E-state index in [-0.39, 0.29) is 29.5 Å². The highest BCUT2D eigenvalue weighted by Gasteiger charge is 2.41. The van der Waals surface area contributed by atoms with Crippen molar-refractivity contribution in [3.8, 4) is 0 Å². The summed E-state index contributed by atoms with van der Waals surface area (Å²) in [5.41, 5.74) is 1.17. The van der Waals surface area contributed by atoms with Crippen molar-refractivity contribution in [2.45, 2.75) is 12.5 Å². The van der Waals surface area contributed by atoms with Crippen LogP contribution < -0.4 is 0 Å². The van der Waals surface area contributed by atoms with E-state index in [0.717, 1.165) is 5.56 Å². The van der Waals surface area contributed by atoms with Crippen molar-refractivity contribution in [2.75, 3.05) is 0 Å². The van der Waals surface area contributed by atoms with E-state index in [4.69, 9.17) is 4.74 Å². The number of fused-ring (bicyclic) bond motifs is 1. The Morgan fingerprint density at radius 3 is 2.76 bits per heavy atom. The van der Waals surface area contributed by atoms with Gasteiger partial charge in [0, 0.05) is 11.5 Å². The van der Waals surface area contributed by atoms with Crippen LogP contribution in [0.3, 0.4) is 0 Å². The highest BCUT2D eigenvalue weighted by Crippen LogP contribution is 2.35. The number of benzene rings is 1. The number of carbonyl (C=O) groups excluding carboxylic acids is 2. The minimum Gasteiger partial charge on any atom is -0.508 e. The number of ketones is 1. The van der Waals surface area contributed by atoms with Gasteiger partial charge in [0.2, 0.25) is 0 Å². The van der Waals surface area contributed by atoms with Gasteiger partial charge < -0.3 is 9.84 Å². The average molecular weight is 282 g/mol. The Hall–Kier alpha value is -2.62. The number of aliphatic hydroxyl groups is 1. The molecule has 0 bridgehead atoms. The first-order valence-electron chi connectivity index (χ1n) is 6.73. The molecule has 1 aromatic rings. The molecule has 1 aliphatic heterocycles. The number of esters is 1. The van der Waals surface area contributed by atoms with Gasteiger partial charge in [0.1, 0.15) is 11.9 Å². The van der Waals surface area contributed by atoms with E-state index in [1.165, 1.54) is 12.2 Å². The smallest absolute Gasteiger partial charge is 0.307 e. The van der Waals surface area contributed by atoms with Gasteiger partial charge in [-0.05, 0) is 23.8 Å². The van der Waals surface area contributed by atoms with Gasteiger partial charge in [0.25, 0.3) is 0 Å². The number of aliphatic hydroxyl groups excluding tert-OH is 1. The molecule has 1 N–H and O–H groups in total. The van der Waals surface area contributed by atoms with Crippen molar-refractivity contribution in [2.24, 2.45) is 5.92 Å². The fourth-order valence-electron chi connectivity index (χ4n) is 2.62. The average Bonchev–Trinajstić information content (AvgIpc) is 2.86. The van der Waals surface area contributed by atoms with E-state index in [1.807, 2.05) is 30.3 Å². The quantitative estimate of drug-likeness (QED) is 0.514. The molecule has 3 rings (SSSR count). The van der Waals surface area contributed by atoms with Gasteiger partial charge in [-0.1, -0.05) is 36.4 Å². The molecule has 1 aromatic carbocycles. The third kappa shape index (κ3) is 2.65. The molecule has 4 heteroatoms. The monoisotopic (exact) mass is 282 g/mol. The lowest BCUT2D eigenvalue weighted by atomic mass is 9.84. The number of hydrogen-bond acceptors (Lipinski definition) is 4. The Kier molecular flexibility index (Phi) is 3.44. The zero-order valence-electron chi connectivity index (χ0n) is 11.2. The van der Waals surface area contributed by atoms with E-state index >= 15 is 0 Å². The number of hydrogen-bond donors (Lipinski definition) is 1. The van der Waals surface area contributed by atoms with E-state index < -0.39 is 12.0 Å². The van der Waals surface area contributed by atoms with Crippen molar-refractivity contribution >= 4 is 17.8 Å². The molecule has 106 valence electrons. The predicted molar refractivity (Wildman–Crippen MR) is 77.3 cm³/mol. The first kappa shape index (κ1) is 13.4. The predicted octanol–water partition coefficient (Wildman–Crippen LogP) is 2.58. The fourth-order valence-corrected chi connectivity index (χ4v) is 2.62. The molecule has 4 nitrogen and oxygen atoms in total. The van der Waals surface area contributed by atoms with Crippen LogP contribution in [0.25, 0.3) is 6.08 Å². The lowest BCUT2D eigenvalue weighted by molar-refractivity contribution is -0.140. The number of allylic oxidation sites excluding steroid dienone is 2. The number of ether oxygens (including phenoxy) is 1. The summed E-state index contributed by atoms with van der Waals surface area (Å²) in [6, 6.07) is 9.46. The van der Waals surface area contributed by atoms with Crippen molar-refractivity contribution < 1.29 is 19.4 Å². The van der Waals surface area contributed by atoms with Crippen molar-refractivity contribution in [1.29, 1.82) is 0 Å². The Morgan fingerprint density at radius 2 is 2.00 bits per heavy atom. The standard InChI is InChI=1S/C17H14O4/c18-13(7-6-11-4-2-1-3-5-11)17-12-10-16(20)21-15(12)9-8-14(17)19/h1-9,12,15,18H,10H2/b7-6+,17-13-.